The highest BCUT2D eigenvalue weighted by molar-refractivity contribution is 6.04. The number of hydrogen-bond acceptors (Lipinski definition) is 4. The number of oxime groups is 1. The van der Waals surface area contributed by atoms with Gasteiger partial charge in [-0.15, -0.1) is 0 Å². The molecule has 29 heavy (non-hydrogen) atoms. The summed E-state index contributed by atoms with van der Waals surface area (Å²) in [6.45, 7) is 2.02. The topological polar surface area (TPSA) is 79.8 Å². The minimum Gasteiger partial charge on any atom is -0.382 e. The smallest absolute Gasteiger partial charge is 0.265 e. The standard InChI is InChI=1S/C23H25N3O3/c1-15-7-9-17(10-8-15)19-14-21(29-26-19)23(28)25-20(22(27)24-18-11-12-18)13-16-5-3-2-4-6-16/h2-10,18,20-21H,11-14H2,1H3,(H,24,27)(H,25,28). The number of amides is 2. The Morgan fingerprint density at radius 3 is 2.52 bits per heavy atom. The summed E-state index contributed by atoms with van der Waals surface area (Å²) in [7, 11) is 0. The molecule has 4 rings (SSSR count). The minimum atomic E-state index is -0.724. The van der Waals surface area contributed by atoms with Crippen LogP contribution in [0.25, 0.3) is 0 Å². The van der Waals surface area contributed by atoms with Crippen molar-refractivity contribution in [3.05, 3.63) is 71.3 Å². The van der Waals surface area contributed by atoms with Gasteiger partial charge in [-0.05, 0) is 30.9 Å². The van der Waals surface area contributed by atoms with Crippen LogP contribution in [-0.4, -0.2) is 35.7 Å². The molecular weight excluding hydrogens is 366 g/mol. The van der Waals surface area contributed by atoms with Crippen LogP contribution in [0.1, 0.15) is 36.0 Å². The first-order chi connectivity index (χ1) is 14.1. The van der Waals surface area contributed by atoms with Crippen molar-refractivity contribution in [2.45, 2.75) is 50.8 Å². The van der Waals surface area contributed by atoms with Crippen LogP contribution in [0.3, 0.4) is 0 Å². The molecule has 2 atom stereocenters. The molecule has 1 aliphatic carbocycles. The summed E-state index contributed by atoms with van der Waals surface area (Å²) < 4.78 is 0. The zero-order valence-corrected chi connectivity index (χ0v) is 16.4. The van der Waals surface area contributed by atoms with Crippen molar-refractivity contribution in [3.8, 4) is 0 Å². The molecule has 0 radical (unpaired) electrons. The van der Waals surface area contributed by atoms with Gasteiger partial charge in [0, 0.05) is 18.9 Å². The summed E-state index contributed by atoms with van der Waals surface area (Å²) in [5.41, 5.74) is 3.84. The van der Waals surface area contributed by atoms with E-state index in [1.807, 2.05) is 61.5 Å². The number of hydrogen-bond donors (Lipinski definition) is 2. The van der Waals surface area contributed by atoms with Crippen LogP contribution in [0.15, 0.2) is 59.8 Å². The monoisotopic (exact) mass is 391 g/mol. The highest BCUT2D eigenvalue weighted by Crippen LogP contribution is 2.20. The van der Waals surface area contributed by atoms with Gasteiger partial charge in [0.05, 0.1) is 5.71 Å². The van der Waals surface area contributed by atoms with Gasteiger partial charge in [0.2, 0.25) is 12.0 Å². The lowest BCUT2D eigenvalue weighted by atomic mass is 10.0. The average Bonchev–Trinajstić information content (AvgIpc) is 3.40. The Bertz CT molecular complexity index is 905. The number of benzene rings is 2. The molecule has 0 aromatic heterocycles. The Hall–Kier alpha value is -3.15. The van der Waals surface area contributed by atoms with Crippen LogP contribution in [0.2, 0.25) is 0 Å². The fourth-order valence-electron chi connectivity index (χ4n) is 3.29. The number of aryl methyl sites for hydroxylation is 1. The normalized spacial score (nSPS) is 19.1. The Morgan fingerprint density at radius 1 is 1.10 bits per heavy atom. The maximum absolute atomic E-state index is 12.8. The molecule has 1 heterocycles. The molecule has 2 unspecified atom stereocenters. The van der Waals surface area contributed by atoms with E-state index in [9.17, 15) is 9.59 Å². The molecule has 2 amide bonds. The number of nitrogens with one attached hydrogen (secondary N) is 2. The predicted octanol–water partition coefficient (Wildman–Crippen LogP) is 2.49. The predicted molar refractivity (Wildman–Crippen MR) is 110 cm³/mol. The number of nitrogens with zero attached hydrogens (tertiary/aromatic N) is 1. The molecule has 1 aliphatic heterocycles. The van der Waals surface area contributed by atoms with E-state index in [1.54, 1.807) is 0 Å². The molecule has 0 bridgehead atoms. The van der Waals surface area contributed by atoms with Crippen LogP contribution >= 0.6 is 0 Å². The van der Waals surface area contributed by atoms with Crippen LogP contribution in [0.4, 0.5) is 0 Å². The van der Waals surface area contributed by atoms with Gasteiger partial charge in [-0.3, -0.25) is 9.59 Å². The SMILES string of the molecule is Cc1ccc(C2=NOC(C(=O)NC(Cc3ccccc3)C(=O)NC3CC3)C2)cc1. The van der Waals surface area contributed by atoms with Crippen molar-refractivity contribution < 1.29 is 14.4 Å². The van der Waals surface area contributed by atoms with Crippen molar-refractivity contribution in [2.75, 3.05) is 0 Å². The van der Waals surface area contributed by atoms with Gasteiger partial charge in [0.15, 0.2) is 0 Å². The van der Waals surface area contributed by atoms with Gasteiger partial charge in [-0.2, -0.15) is 0 Å². The maximum atomic E-state index is 12.8. The van der Waals surface area contributed by atoms with Crippen LogP contribution in [0.5, 0.6) is 0 Å². The zero-order chi connectivity index (χ0) is 20.2. The molecule has 2 aromatic carbocycles. The van der Waals surface area contributed by atoms with Crippen molar-refractivity contribution in [1.82, 2.24) is 10.6 Å². The molecule has 150 valence electrons. The Labute approximate surface area is 170 Å². The van der Waals surface area contributed by atoms with Crippen molar-refractivity contribution in [1.29, 1.82) is 0 Å². The van der Waals surface area contributed by atoms with Crippen molar-refractivity contribution in [2.24, 2.45) is 5.16 Å². The van der Waals surface area contributed by atoms with Gasteiger partial charge in [0.1, 0.15) is 6.04 Å². The summed E-state index contributed by atoms with van der Waals surface area (Å²) in [4.78, 5) is 30.8. The summed E-state index contributed by atoms with van der Waals surface area (Å²) in [6, 6.07) is 17.2. The summed E-state index contributed by atoms with van der Waals surface area (Å²) in [5, 5.41) is 9.95. The molecule has 0 saturated heterocycles. The van der Waals surface area contributed by atoms with Gasteiger partial charge < -0.3 is 15.5 Å². The minimum absolute atomic E-state index is 0.151. The molecular formula is C23H25N3O3. The largest absolute Gasteiger partial charge is 0.382 e. The lowest BCUT2D eigenvalue weighted by Crippen LogP contribution is -2.51. The zero-order valence-electron chi connectivity index (χ0n) is 16.4. The summed E-state index contributed by atoms with van der Waals surface area (Å²) >= 11 is 0. The van der Waals surface area contributed by atoms with Gasteiger partial charge in [-0.1, -0.05) is 65.3 Å². The average molecular weight is 391 g/mol. The molecule has 2 aliphatic rings. The fourth-order valence-corrected chi connectivity index (χ4v) is 3.29. The number of carbonyl (C=O) groups excluding carboxylic acids is 2. The van der Waals surface area contributed by atoms with Gasteiger partial charge >= 0.3 is 0 Å². The summed E-state index contributed by atoms with van der Waals surface area (Å²) in [6.07, 6.45) is 2.09. The third-order valence-corrected chi connectivity index (χ3v) is 5.19. The number of carbonyl (C=O) groups is 2. The van der Waals surface area contributed by atoms with E-state index >= 15 is 0 Å². The molecule has 2 N–H and O–H groups in total. The van der Waals surface area contributed by atoms with Crippen molar-refractivity contribution in [3.63, 3.8) is 0 Å². The molecule has 1 saturated carbocycles. The Kier molecular flexibility index (Phi) is 5.60. The van der Waals surface area contributed by atoms with E-state index in [-0.39, 0.29) is 17.9 Å². The third-order valence-electron chi connectivity index (χ3n) is 5.19. The molecule has 1 fully saturated rings. The Morgan fingerprint density at radius 2 is 1.83 bits per heavy atom. The highest BCUT2D eigenvalue weighted by atomic mass is 16.6. The van der Waals surface area contributed by atoms with Gasteiger partial charge in [-0.25, -0.2) is 0 Å². The van der Waals surface area contributed by atoms with E-state index in [2.05, 4.69) is 15.8 Å². The Balaban J connectivity index is 1.39. The molecule has 0 spiro atoms. The quantitative estimate of drug-likeness (QED) is 0.761. The molecule has 6 nitrogen and oxygen atoms in total. The number of rotatable bonds is 7. The van der Waals surface area contributed by atoms with Crippen LogP contribution in [0, 0.1) is 6.92 Å². The van der Waals surface area contributed by atoms with E-state index in [0.29, 0.717) is 12.8 Å². The van der Waals surface area contributed by atoms with Gasteiger partial charge in [0.25, 0.3) is 5.91 Å². The van der Waals surface area contributed by atoms with E-state index in [1.165, 1.54) is 0 Å². The first-order valence-corrected chi connectivity index (χ1v) is 10.0. The second kappa shape index (κ2) is 8.47. The highest BCUT2D eigenvalue weighted by Gasteiger charge is 2.33. The first kappa shape index (κ1) is 19.2. The fraction of sp³-hybridized carbons (Fsp3) is 0.348. The summed E-state index contributed by atoms with van der Waals surface area (Å²) in [5.74, 6) is -0.467. The second-order valence-corrected chi connectivity index (χ2v) is 7.74. The first-order valence-electron chi connectivity index (χ1n) is 10.0. The lowest BCUT2D eigenvalue weighted by Gasteiger charge is -2.20. The van der Waals surface area contributed by atoms with Crippen LogP contribution in [-0.2, 0) is 20.8 Å². The lowest BCUT2D eigenvalue weighted by molar-refractivity contribution is -0.135. The molecule has 6 heteroatoms. The van der Waals surface area contributed by atoms with Crippen molar-refractivity contribution >= 4 is 17.5 Å². The molecule has 2 aromatic rings. The van der Waals surface area contributed by atoms with E-state index in [4.69, 9.17) is 4.84 Å². The maximum Gasteiger partial charge on any atom is 0.265 e. The third kappa shape index (κ3) is 5.02. The van der Waals surface area contributed by atoms with E-state index < -0.39 is 12.1 Å². The van der Waals surface area contributed by atoms with Crippen LogP contribution < -0.4 is 10.6 Å². The van der Waals surface area contributed by atoms with E-state index in [0.717, 1.165) is 35.2 Å². The second-order valence-electron chi connectivity index (χ2n) is 7.74.